The summed E-state index contributed by atoms with van der Waals surface area (Å²) in [4.78, 5) is 16.1. The van der Waals surface area contributed by atoms with Crippen LogP contribution in [0.25, 0.3) is 0 Å². The second-order valence-corrected chi connectivity index (χ2v) is 8.53. The highest BCUT2D eigenvalue weighted by molar-refractivity contribution is 7.16. The number of amides is 1. The standard InChI is InChI=1S/C19H26N4OS/c20-11-15-14-5-2-1-3-7-17(14)25-19(15)23-10-8-13(12-23)22-18(24)16-6-4-9-21-16/h13,16,21H,1-10,12H2,(H,22,24). The fraction of sp³-hybridized carbons (Fsp3) is 0.684. The van der Waals surface area contributed by atoms with Gasteiger partial charge in [0.1, 0.15) is 11.1 Å². The maximum atomic E-state index is 12.3. The number of rotatable bonds is 3. The summed E-state index contributed by atoms with van der Waals surface area (Å²) in [6.45, 7) is 2.70. The lowest BCUT2D eigenvalue weighted by Gasteiger charge is -2.19. The third-order valence-electron chi connectivity index (χ3n) is 5.71. The molecule has 0 spiro atoms. The molecule has 3 aliphatic rings. The molecule has 25 heavy (non-hydrogen) atoms. The Morgan fingerprint density at radius 1 is 1.24 bits per heavy atom. The van der Waals surface area contributed by atoms with Crippen molar-refractivity contribution in [2.75, 3.05) is 24.5 Å². The summed E-state index contributed by atoms with van der Waals surface area (Å²) in [6.07, 6.45) is 8.88. The van der Waals surface area contributed by atoms with Gasteiger partial charge in [0.05, 0.1) is 11.6 Å². The van der Waals surface area contributed by atoms with Crippen LogP contribution >= 0.6 is 11.3 Å². The number of carbonyl (C=O) groups excluding carboxylic acids is 1. The molecule has 6 heteroatoms. The van der Waals surface area contributed by atoms with Gasteiger partial charge in [-0.3, -0.25) is 4.79 Å². The number of nitrogens with one attached hydrogen (secondary N) is 2. The van der Waals surface area contributed by atoms with Gasteiger partial charge in [0.15, 0.2) is 0 Å². The molecular formula is C19H26N4OS. The Kier molecular flexibility index (Phi) is 4.96. The number of nitrogens with zero attached hydrogens (tertiary/aromatic N) is 2. The van der Waals surface area contributed by atoms with E-state index in [0.717, 1.165) is 62.3 Å². The lowest BCUT2D eigenvalue weighted by molar-refractivity contribution is -0.123. The van der Waals surface area contributed by atoms with Crippen LogP contribution in [0.4, 0.5) is 5.00 Å². The molecule has 2 N–H and O–H groups in total. The predicted molar refractivity (Wildman–Crippen MR) is 100 cm³/mol. The van der Waals surface area contributed by atoms with Crippen LogP contribution in [0.15, 0.2) is 0 Å². The first-order valence-corrected chi connectivity index (χ1v) is 10.4. The molecule has 0 saturated carbocycles. The van der Waals surface area contributed by atoms with E-state index >= 15 is 0 Å². The Morgan fingerprint density at radius 3 is 2.92 bits per heavy atom. The Hall–Kier alpha value is -1.58. The Labute approximate surface area is 153 Å². The number of aryl methyl sites for hydroxylation is 1. The number of hydrogen-bond donors (Lipinski definition) is 2. The molecule has 134 valence electrons. The summed E-state index contributed by atoms with van der Waals surface area (Å²) in [5.41, 5.74) is 2.22. The maximum Gasteiger partial charge on any atom is 0.237 e. The van der Waals surface area contributed by atoms with Crippen LogP contribution in [0.5, 0.6) is 0 Å². The van der Waals surface area contributed by atoms with Crippen molar-refractivity contribution in [1.29, 1.82) is 5.26 Å². The van der Waals surface area contributed by atoms with Gasteiger partial charge in [-0.25, -0.2) is 0 Å². The molecule has 0 bridgehead atoms. The largest absolute Gasteiger partial charge is 0.360 e. The van der Waals surface area contributed by atoms with Gasteiger partial charge in [0.2, 0.25) is 5.91 Å². The van der Waals surface area contributed by atoms with Crippen molar-refractivity contribution in [3.8, 4) is 6.07 Å². The number of hydrogen-bond acceptors (Lipinski definition) is 5. The topological polar surface area (TPSA) is 68.2 Å². The van der Waals surface area contributed by atoms with Crippen LogP contribution < -0.4 is 15.5 Å². The Balaban J connectivity index is 1.45. The number of anilines is 1. The first kappa shape index (κ1) is 16.9. The molecule has 3 heterocycles. The zero-order valence-corrected chi connectivity index (χ0v) is 15.5. The maximum absolute atomic E-state index is 12.3. The van der Waals surface area contributed by atoms with Crippen molar-refractivity contribution in [2.24, 2.45) is 0 Å². The lowest BCUT2D eigenvalue weighted by atomic mass is 10.1. The van der Waals surface area contributed by atoms with Crippen molar-refractivity contribution in [3.63, 3.8) is 0 Å². The van der Waals surface area contributed by atoms with E-state index in [9.17, 15) is 10.1 Å². The average Bonchev–Trinajstić information content (AvgIpc) is 3.32. The van der Waals surface area contributed by atoms with Crippen molar-refractivity contribution in [2.45, 2.75) is 63.5 Å². The average molecular weight is 359 g/mol. The number of thiophene rings is 1. The summed E-state index contributed by atoms with van der Waals surface area (Å²) < 4.78 is 0. The molecule has 1 aromatic rings. The summed E-state index contributed by atoms with van der Waals surface area (Å²) in [6, 6.07) is 2.67. The summed E-state index contributed by atoms with van der Waals surface area (Å²) in [5, 5.41) is 17.3. The van der Waals surface area contributed by atoms with E-state index < -0.39 is 0 Å². The van der Waals surface area contributed by atoms with E-state index in [1.54, 1.807) is 0 Å². The molecule has 1 amide bonds. The first-order valence-electron chi connectivity index (χ1n) is 9.59. The quantitative estimate of drug-likeness (QED) is 0.814. The number of fused-ring (bicyclic) bond motifs is 1. The Morgan fingerprint density at radius 2 is 2.12 bits per heavy atom. The molecule has 2 fully saturated rings. The molecule has 2 atom stereocenters. The lowest BCUT2D eigenvalue weighted by Crippen LogP contribution is -2.46. The molecular weight excluding hydrogens is 332 g/mol. The van der Waals surface area contributed by atoms with Gasteiger partial charge in [-0.1, -0.05) is 6.42 Å². The number of carbonyl (C=O) groups is 1. The van der Waals surface area contributed by atoms with Gasteiger partial charge in [-0.2, -0.15) is 5.26 Å². The third kappa shape index (κ3) is 3.40. The van der Waals surface area contributed by atoms with Crippen LogP contribution in [0, 0.1) is 11.3 Å². The smallest absolute Gasteiger partial charge is 0.237 e. The molecule has 1 aliphatic carbocycles. The fourth-order valence-electron chi connectivity index (χ4n) is 4.34. The van der Waals surface area contributed by atoms with Crippen molar-refractivity contribution >= 4 is 22.2 Å². The molecule has 5 nitrogen and oxygen atoms in total. The minimum atomic E-state index is -0.0125. The highest BCUT2D eigenvalue weighted by Crippen LogP contribution is 2.40. The van der Waals surface area contributed by atoms with Crippen molar-refractivity contribution in [1.82, 2.24) is 10.6 Å². The van der Waals surface area contributed by atoms with E-state index in [2.05, 4.69) is 21.6 Å². The normalized spacial score (nSPS) is 26.1. The molecule has 0 aromatic carbocycles. The van der Waals surface area contributed by atoms with Crippen LogP contribution in [0.2, 0.25) is 0 Å². The highest BCUT2D eigenvalue weighted by atomic mass is 32.1. The van der Waals surface area contributed by atoms with Gasteiger partial charge in [0, 0.05) is 24.0 Å². The van der Waals surface area contributed by atoms with Crippen LogP contribution in [-0.2, 0) is 17.6 Å². The van der Waals surface area contributed by atoms with E-state index in [4.69, 9.17) is 0 Å². The van der Waals surface area contributed by atoms with Gasteiger partial charge in [-0.05, 0) is 57.1 Å². The van der Waals surface area contributed by atoms with Gasteiger partial charge in [-0.15, -0.1) is 11.3 Å². The Bertz CT molecular complexity index is 686. The number of nitriles is 1. The molecule has 2 unspecified atom stereocenters. The molecule has 4 rings (SSSR count). The minimum absolute atomic E-state index is 0.0125. The van der Waals surface area contributed by atoms with E-state index in [1.165, 1.54) is 29.7 Å². The van der Waals surface area contributed by atoms with E-state index in [0.29, 0.717) is 0 Å². The zero-order chi connectivity index (χ0) is 17.2. The van der Waals surface area contributed by atoms with Gasteiger partial charge < -0.3 is 15.5 Å². The molecule has 2 saturated heterocycles. The summed E-state index contributed by atoms with van der Waals surface area (Å²) in [5.74, 6) is 0.145. The van der Waals surface area contributed by atoms with Crippen molar-refractivity contribution in [3.05, 3.63) is 16.0 Å². The highest BCUT2D eigenvalue weighted by Gasteiger charge is 2.31. The van der Waals surface area contributed by atoms with E-state index in [-0.39, 0.29) is 18.0 Å². The third-order valence-corrected chi connectivity index (χ3v) is 7.07. The molecule has 1 aromatic heterocycles. The second kappa shape index (κ2) is 7.35. The molecule has 0 radical (unpaired) electrons. The van der Waals surface area contributed by atoms with Gasteiger partial charge >= 0.3 is 0 Å². The minimum Gasteiger partial charge on any atom is -0.360 e. The molecule has 2 aliphatic heterocycles. The SMILES string of the molecule is N#Cc1c(N2CCC(NC(=O)C3CCCN3)C2)sc2c1CCCCC2. The predicted octanol–water partition coefficient (Wildman–Crippen LogP) is 2.34. The van der Waals surface area contributed by atoms with Crippen LogP contribution in [0.3, 0.4) is 0 Å². The van der Waals surface area contributed by atoms with Crippen LogP contribution in [-0.4, -0.2) is 37.6 Å². The summed E-state index contributed by atoms with van der Waals surface area (Å²) >= 11 is 1.82. The first-order chi connectivity index (χ1) is 12.3. The zero-order valence-electron chi connectivity index (χ0n) is 14.6. The second-order valence-electron chi connectivity index (χ2n) is 7.45. The van der Waals surface area contributed by atoms with E-state index in [1.807, 2.05) is 11.3 Å². The van der Waals surface area contributed by atoms with Gasteiger partial charge in [0.25, 0.3) is 0 Å². The monoisotopic (exact) mass is 358 g/mol. The summed E-state index contributed by atoms with van der Waals surface area (Å²) in [7, 11) is 0. The fourth-order valence-corrected chi connectivity index (χ4v) is 5.71. The van der Waals surface area contributed by atoms with Crippen molar-refractivity contribution < 1.29 is 4.79 Å². The van der Waals surface area contributed by atoms with Crippen LogP contribution in [0.1, 0.15) is 54.5 Å².